The van der Waals surface area contributed by atoms with Gasteiger partial charge in [-0.2, -0.15) is 4.98 Å². The molecule has 0 saturated carbocycles. The van der Waals surface area contributed by atoms with Crippen LogP contribution in [0.2, 0.25) is 0 Å². The quantitative estimate of drug-likeness (QED) is 0.860. The zero-order chi connectivity index (χ0) is 16.6. The van der Waals surface area contributed by atoms with Crippen molar-refractivity contribution in [3.8, 4) is 0 Å². The van der Waals surface area contributed by atoms with E-state index in [4.69, 9.17) is 13.8 Å². The third-order valence-electron chi connectivity index (χ3n) is 3.66. The molecule has 9 nitrogen and oxygen atoms in total. The molecule has 23 heavy (non-hydrogen) atoms. The van der Waals surface area contributed by atoms with Gasteiger partial charge in [-0.25, -0.2) is 13.1 Å². The SMILES string of the molecule is Cc1noc([C@@H]2CC[C@H](CNS(=O)(=O)c3c(C)noc3C)O2)n1. The zero-order valence-electron chi connectivity index (χ0n) is 13.1. The maximum atomic E-state index is 12.3. The average molecular weight is 342 g/mol. The Balaban J connectivity index is 1.61. The van der Waals surface area contributed by atoms with E-state index >= 15 is 0 Å². The van der Waals surface area contributed by atoms with Gasteiger partial charge in [0.15, 0.2) is 11.6 Å². The molecule has 2 atom stereocenters. The van der Waals surface area contributed by atoms with E-state index in [2.05, 4.69) is 20.0 Å². The van der Waals surface area contributed by atoms with Crippen LogP contribution in [-0.2, 0) is 14.8 Å². The number of aromatic nitrogens is 3. The van der Waals surface area contributed by atoms with Gasteiger partial charge in [-0.05, 0) is 33.6 Å². The van der Waals surface area contributed by atoms with Crippen molar-refractivity contribution >= 4 is 10.0 Å². The Morgan fingerprint density at radius 2 is 1.96 bits per heavy atom. The highest BCUT2D eigenvalue weighted by Crippen LogP contribution is 2.31. The lowest BCUT2D eigenvalue weighted by molar-refractivity contribution is 0.0290. The number of nitrogens with zero attached hydrogens (tertiary/aromatic N) is 3. The normalized spacial score (nSPS) is 21.9. The van der Waals surface area contributed by atoms with E-state index in [0.717, 1.165) is 0 Å². The highest BCUT2D eigenvalue weighted by Gasteiger charge is 2.32. The molecule has 10 heteroatoms. The number of rotatable bonds is 5. The van der Waals surface area contributed by atoms with Gasteiger partial charge in [0.25, 0.3) is 5.89 Å². The summed E-state index contributed by atoms with van der Waals surface area (Å²) in [5.74, 6) is 1.24. The molecule has 1 N–H and O–H groups in total. The molecule has 1 fully saturated rings. The predicted octanol–water partition coefficient (Wildman–Crippen LogP) is 1.18. The van der Waals surface area contributed by atoms with Crippen molar-refractivity contribution in [3.63, 3.8) is 0 Å². The minimum absolute atomic E-state index is 0.0829. The van der Waals surface area contributed by atoms with Crippen molar-refractivity contribution in [3.05, 3.63) is 23.2 Å². The number of sulfonamides is 1. The second-order valence-corrected chi connectivity index (χ2v) is 7.21. The smallest absolute Gasteiger partial charge is 0.255 e. The Labute approximate surface area is 133 Å². The van der Waals surface area contributed by atoms with Gasteiger partial charge in [-0.15, -0.1) is 0 Å². The molecule has 0 spiro atoms. The monoisotopic (exact) mass is 342 g/mol. The summed E-state index contributed by atoms with van der Waals surface area (Å²) in [6.07, 6.45) is 0.877. The summed E-state index contributed by atoms with van der Waals surface area (Å²) < 4.78 is 43.0. The van der Waals surface area contributed by atoms with E-state index in [1.165, 1.54) is 0 Å². The van der Waals surface area contributed by atoms with Gasteiger partial charge in [0.05, 0.1) is 6.10 Å². The molecule has 1 aliphatic heterocycles. The van der Waals surface area contributed by atoms with Gasteiger partial charge in [0, 0.05) is 6.54 Å². The van der Waals surface area contributed by atoms with Gasteiger partial charge in [-0.1, -0.05) is 10.3 Å². The second kappa shape index (κ2) is 6.02. The number of aryl methyl sites for hydroxylation is 3. The third kappa shape index (κ3) is 3.28. The van der Waals surface area contributed by atoms with Crippen molar-refractivity contribution in [1.82, 2.24) is 20.0 Å². The van der Waals surface area contributed by atoms with E-state index in [0.29, 0.717) is 30.3 Å². The molecular weight excluding hydrogens is 324 g/mol. The predicted molar refractivity (Wildman–Crippen MR) is 77.0 cm³/mol. The van der Waals surface area contributed by atoms with E-state index in [1.54, 1.807) is 20.8 Å². The molecular formula is C13H18N4O5S. The maximum absolute atomic E-state index is 12.3. The molecule has 0 unspecified atom stereocenters. The van der Waals surface area contributed by atoms with Crippen LogP contribution in [0.4, 0.5) is 0 Å². The fraction of sp³-hybridized carbons (Fsp3) is 0.615. The Morgan fingerprint density at radius 1 is 1.17 bits per heavy atom. The summed E-state index contributed by atoms with van der Waals surface area (Å²) in [5, 5.41) is 7.39. The standard InChI is InChI=1S/C13H18N4O5S/c1-7-12(8(2)21-16-7)23(18,19)14-6-10-4-5-11(20-10)13-15-9(3)17-22-13/h10-11,14H,4-6H2,1-3H3/t10-,11+/m1/s1. The molecule has 3 rings (SSSR count). The first-order chi connectivity index (χ1) is 10.9. The van der Waals surface area contributed by atoms with Crippen molar-refractivity contribution in [1.29, 1.82) is 0 Å². The van der Waals surface area contributed by atoms with Crippen molar-refractivity contribution in [2.75, 3.05) is 6.54 Å². The summed E-state index contributed by atoms with van der Waals surface area (Å²) in [6, 6.07) is 0. The van der Waals surface area contributed by atoms with E-state index in [9.17, 15) is 8.42 Å². The topological polar surface area (TPSA) is 120 Å². The second-order valence-electron chi connectivity index (χ2n) is 5.51. The molecule has 0 radical (unpaired) electrons. The molecule has 2 aromatic heterocycles. The molecule has 0 bridgehead atoms. The van der Waals surface area contributed by atoms with E-state index in [1.807, 2.05) is 0 Å². The van der Waals surface area contributed by atoms with Crippen LogP contribution in [0, 0.1) is 20.8 Å². The number of nitrogens with one attached hydrogen (secondary N) is 1. The highest BCUT2D eigenvalue weighted by atomic mass is 32.2. The van der Waals surface area contributed by atoms with Crippen LogP contribution in [0.1, 0.15) is 42.1 Å². The molecule has 2 aromatic rings. The molecule has 1 saturated heterocycles. The fourth-order valence-corrected chi connectivity index (χ4v) is 4.01. The van der Waals surface area contributed by atoms with Gasteiger partial charge < -0.3 is 13.8 Å². The van der Waals surface area contributed by atoms with Crippen molar-refractivity contribution in [2.45, 2.75) is 50.7 Å². The number of ether oxygens (including phenoxy) is 1. The van der Waals surface area contributed by atoms with Crippen LogP contribution in [0.25, 0.3) is 0 Å². The lowest BCUT2D eigenvalue weighted by atomic mass is 10.2. The van der Waals surface area contributed by atoms with Crippen LogP contribution in [0.5, 0.6) is 0 Å². The van der Waals surface area contributed by atoms with E-state index in [-0.39, 0.29) is 29.4 Å². The van der Waals surface area contributed by atoms with Crippen LogP contribution in [0.3, 0.4) is 0 Å². The third-order valence-corrected chi connectivity index (χ3v) is 5.33. The van der Waals surface area contributed by atoms with Crippen LogP contribution >= 0.6 is 0 Å². The first-order valence-electron chi connectivity index (χ1n) is 7.25. The van der Waals surface area contributed by atoms with Crippen molar-refractivity contribution in [2.24, 2.45) is 0 Å². The summed E-state index contributed by atoms with van der Waals surface area (Å²) in [4.78, 5) is 4.22. The Morgan fingerprint density at radius 3 is 2.57 bits per heavy atom. The zero-order valence-corrected chi connectivity index (χ0v) is 13.9. The Bertz CT molecular complexity index is 778. The van der Waals surface area contributed by atoms with Crippen LogP contribution in [0.15, 0.2) is 13.9 Å². The lowest BCUT2D eigenvalue weighted by Gasteiger charge is -2.12. The molecule has 3 heterocycles. The summed E-state index contributed by atoms with van der Waals surface area (Å²) in [5.41, 5.74) is 0.335. The largest absolute Gasteiger partial charge is 0.364 e. The van der Waals surface area contributed by atoms with Gasteiger partial charge in [0.1, 0.15) is 16.7 Å². The van der Waals surface area contributed by atoms with Gasteiger partial charge in [0.2, 0.25) is 10.0 Å². The Hall–Kier alpha value is -1.78. The fourth-order valence-electron chi connectivity index (χ4n) is 2.61. The van der Waals surface area contributed by atoms with Crippen LogP contribution < -0.4 is 4.72 Å². The molecule has 126 valence electrons. The Kier molecular flexibility index (Phi) is 4.21. The first kappa shape index (κ1) is 16.1. The molecule has 1 aliphatic rings. The first-order valence-corrected chi connectivity index (χ1v) is 8.73. The number of hydrogen-bond acceptors (Lipinski definition) is 8. The number of hydrogen-bond donors (Lipinski definition) is 1. The molecule has 0 amide bonds. The van der Waals surface area contributed by atoms with E-state index < -0.39 is 10.0 Å². The maximum Gasteiger partial charge on any atom is 0.255 e. The van der Waals surface area contributed by atoms with Crippen molar-refractivity contribution < 1.29 is 22.2 Å². The van der Waals surface area contributed by atoms with Crippen LogP contribution in [-0.4, -0.2) is 36.4 Å². The van der Waals surface area contributed by atoms with Gasteiger partial charge >= 0.3 is 0 Å². The highest BCUT2D eigenvalue weighted by molar-refractivity contribution is 7.89. The summed E-state index contributed by atoms with van der Waals surface area (Å²) in [7, 11) is -3.68. The lowest BCUT2D eigenvalue weighted by Crippen LogP contribution is -2.32. The average Bonchev–Trinajstić information content (AvgIpc) is 3.17. The minimum atomic E-state index is -3.68. The minimum Gasteiger partial charge on any atom is -0.364 e. The summed E-state index contributed by atoms with van der Waals surface area (Å²) >= 11 is 0. The molecule has 0 aromatic carbocycles. The summed E-state index contributed by atoms with van der Waals surface area (Å²) in [6.45, 7) is 5.05. The van der Waals surface area contributed by atoms with Gasteiger partial charge in [-0.3, -0.25) is 0 Å². The molecule has 0 aliphatic carbocycles.